The predicted molar refractivity (Wildman–Crippen MR) is 57.9 cm³/mol. The molecule has 2 N–H and O–H groups in total. The summed E-state index contributed by atoms with van der Waals surface area (Å²) < 4.78 is 25.9. The van der Waals surface area contributed by atoms with E-state index in [-0.39, 0.29) is 29.0 Å². The van der Waals surface area contributed by atoms with Crippen LogP contribution in [0.2, 0.25) is 0 Å². The highest BCUT2D eigenvalue weighted by Crippen LogP contribution is 2.28. The number of sulfonamides is 1. The van der Waals surface area contributed by atoms with E-state index in [0.717, 1.165) is 25.7 Å². The van der Waals surface area contributed by atoms with Gasteiger partial charge >= 0.3 is 0 Å². The van der Waals surface area contributed by atoms with Crippen LogP contribution in [0.25, 0.3) is 0 Å². The average molecular weight is 241 g/mol. The third kappa shape index (κ3) is 4.04. The highest BCUT2D eigenvalue weighted by Gasteiger charge is 2.32. The van der Waals surface area contributed by atoms with E-state index in [1.807, 2.05) is 6.92 Å². The van der Waals surface area contributed by atoms with Gasteiger partial charge in [0, 0.05) is 6.54 Å². The minimum Gasteiger partial charge on any atom is -0.395 e. The number of halogens is 1. The Morgan fingerprint density at radius 2 is 1.93 bits per heavy atom. The number of aliphatic hydroxyl groups excluding tert-OH is 1. The van der Waals surface area contributed by atoms with Gasteiger partial charge in [-0.05, 0) is 18.8 Å². The van der Waals surface area contributed by atoms with Gasteiger partial charge in [0.1, 0.15) is 0 Å². The van der Waals surface area contributed by atoms with E-state index in [1.165, 1.54) is 0 Å². The monoisotopic (exact) mass is 241 g/mol. The lowest BCUT2D eigenvalue weighted by Gasteiger charge is -2.28. The molecule has 15 heavy (non-hydrogen) atoms. The van der Waals surface area contributed by atoms with Crippen molar-refractivity contribution in [2.24, 2.45) is 5.92 Å². The Morgan fingerprint density at radius 1 is 1.33 bits per heavy atom. The molecule has 0 aliphatic heterocycles. The zero-order valence-corrected chi connectivity index (χ0v) is 9.79. The van der Waals surface area contributed by atoms with E-state index in [1.54, 1.807) is 0 Å². The Labute approximate surface area is 90.5 Å². The first-order valence-electron chi connectivity index (χ1n) is 5.17. The molecule has 0 spiro atoms. The number of hydrogen-bond acceptors (Lipinski definition) is 3. The number of rotatable bonds is 4. The van der Waals surface area contributed by atoms with Crippen molar-refractivity contribution in [3.05, 3.63) is 0 Å². The van der Waals surface area contributed by atoms with Crippen LogP contribution in [0.1, 0.15) is 32.6 Å². The number of nitrogens with one attached hydrogen (secondary N) is 1. The summed E-state index contributed by atoms with van der Waals surface area (Å²) in [4.78, 5) is 0. The molecular formula is C9H20FNO3S. The van der Waals surface area contributed by atoms with Gasteiger partial charge in [-0.15, -0.1) is 0 Å². The Hall–Kier alpha value is -0.200. The maximum Gasteiger partial charge on any atom is 0.214 e. The Morgan fingerprint density at radius 3 is 2.47 bits per heavy atom. The van der Waals surface area contributed by atoms with Crippen molar-refractivity contribution >= 4 is 10.0 Å². The van der Waals surface area contributed by atoms with Crippen LogP contribution in [0.5, 0.6) is 0 Å². The normalized spacial score (nSPS) is 27.1. The van der Waals surface area contributed by atoms with Crippen LogP contribution < -0.4 is 4.72 Å². The van der Waals surface area contributed by atoms with Gasteiger partial charge in [-0.1, -0.05) is 19.8 Å². The first kappa shape index (κ1) is 14.8. The first-order chi connectivity index (χ1) is 6.58. The van der Waals surface area contributed by atoms with Crippen molar-refractivity contribution in [2.45, 2.75) is 37.9 Å². The summed E-state index contributed by atoms with van der Waals surface area (Å²) in [5, 5.41) is 8.31. The molecule has 0 bridgehead atoms. The summed E-state index contributed by atoms with van der Waals surface area (Å²) >= 11 is 0. The highest BCUT2D eigenvalue weighted by atomic mass is 32.2. The third-order valence-electron chi connectivity index (χ3n) is 2.85. The van der Waals surface area contributed by atoms with Crippen molar-refractivity contribution in [1.29, 1.82) is 0 Å². The summed E-state index contributed by atoms with van der Waals surface area (Å²) in [6.07, 6.45) is 3.87. The van der Waals surface area contributed by atoms with Crippen molar-refractivity contribution in [3.63, 3.8) is 0 Å². The van der Waals surface area contributed by atoms with Crippen molar-refractivity contribution in [3.8, 4) is 0 Å². The minimum atomic E-state index is -3.20. The summed E-state index contributed by atoms with van der Waals surface area (Å²) in [6, 6.07) is 0. The molecule has 92 valence electrons. The van der Waals surface area contributed by atoms with Gasteiger partial charge in [0.15, 0.2) is 0 Å². The molecule has 0 aromatic rings. The molecule has 1 saturated carbocycles. The first-order valence-corrected chi connectivity index (χ1v) is 6.72. The van der Waals surface area contributed by atoms with Gasteiger partial charge in [0.05, 0.1) is 11.9 Å². The van der Waals surface area contributed by atoms with Crippen LogP contribution in [0.4, 0.5) is 4.70 Å². The molecule has 0 amide bonds. The second kappa shape index (κ2) is 6.40. The average Bonchev–Trinajstić information content (AvgIpc) is 2.15. The predicted octanol–water partition coefficient (Wildman–Crippen LogP) is 0.629. The highest BCUT2D eigenvalue weighted by molar-refractivity contribution is 7.90. The van der Waals surface area contributed by atoms with Crippen LogP contribution in [-0.2, 0) is 10.0 Å². The zero-order valence-electron chi connectivity index (χ0n) is 8.98. The molecule has 1 rings (SSSR count). The molecule has 1 aliphatic rings. The topological polar surface area (TPSA) is 66.4 Å². The minimum absolute atomic E-state index is 0. The molecule has 2 unspecified atom stereocenters. The number of hydrogen-bond donors (Lipinski definition) is 2. The van der Waals surface area contributed by atoms with E-state index < -0.39 is 10.0 Å². The quantitative estimate of drug-likeness (QED) is 0.758. The lowest BCUT2D eigenvalue weighted by molar-refractivity contribution is 0.299. The van der Waals surface area contributed by atoms with Crippen LogP contribution in [0, 0.1) is 5.92 Å². The van der Waals surface area contributed by atoms with Gasteiger partial charge in [0.25, 0.3) is 0 Å². The third-order valence-corrected chi connectivity index (χ3v) is 4.95. The maximum atomic E-state index is 11.7. The fourth-order valence-corrected chi connectivity index (χ4v) is 3.85. The SMILES string of the molecule is CC1CCCCC1S(=O)(=O)NCCO.F. The van der Waals surface area contributed by atoms with Gasteiger partial charge in [-0.25, -0.2) is 13.1 Å². The summed E-state index contributed by atoms with van der Waals surface area (Å²) in [6.45, 7) is 1.98. The molecule has 1 fully saturated rings. The van der Waals surface area contributed by atoms with Gasteiger partial charge in [-0.2, -0.15) is 0 Å². The van der Waals surface area contributed by atoms with Crippen molar-refractivity contribution in [1.82, 2.24) is 4.72 Å². The number of aliphatic hydroxyl groups is 1. The Balaban J connectivity index is 0.00000196. The fourth-order valence-electron chi connectivity index (χ4n) is 2.04. The summed E-state index contributed by atoms with van der Waals surface area (Å²) in [5.41, 5.74) is 0. The van der Waals surface area contributed by atoms with Gasteiger partial charge in [0.2, 0.25) is 10.0 Å². The lowest BCUT2D eigenvalue weighted by atomic mass is 9.90. The molecule has 4 nitrogen and oxygen atoms in total. The smallest absolute Gasteiger partial charge is 0.214 e. The van der Waals surface area contributed by atoms with Crippen molar-refractivity contribution in [2.75, 3.05) is 13.2 Å². The van der Waals surface area contributed by atoms with E-state index in [0.29, 0.717) is 0 Å². The standard InChI is InChI=1S/C9H19NO3S.FH/c1-8-4-2-3-5-9(8)14(12,13)10-6-7-11;/h8-11H,2-7H2,1H3;1H. The second-order valence-corrected chi connectivity index (χ2v) is 5.95. The van der Waals surface area contributed by atoms with Gasteiger partial charge in [-0.3, -0.25) is 4.70 Å². The molecule has 0 radical (unpaired) electrons. The zero-order chi connectivity index (χ0) is 10.6. The summed E-state index contributed by atoms with van der Waals surface area (Å²) in [7, 11) is -3.20. The molecule has 0 saturated heterocycles. The molecule has 0 heterocycles. The van der Waals surface area contributed by atoms with E-state index in [4.69, 9.17) is 5.11 Å². The van der Waals surface area contributed by atoms with Crippen LogP contribution in [-0.4, -0.2) is 31.9 Å². The molecule has 1 aliphatic carbocycles. The van der Waals surface area contributed by atoms with E-state index in [2.05, 4.69) is 4.72 Å². The van der Waals surface area contributed by atoms with E-state index >= 15 is 0 Å². The molecule has 2 atom stereocenters. The van der Waals surface area contributed by atoms with Crippen LogP contribution in [0.3, 0.4) is 0 Å². The lowest BCUT2D eigenvalue weighted by Crippen LogP contribution is -2.40. The molecular weight excluding hydrogens is 221 g/mol. The Bertz CT molecular complexity index is 269. The summed E-state index contributed by atoms with van der Waals surface area (Å²) in [5.74, 6) is 0.236. The Kier molecular flexibility index (Phi) is 6.31. The van der Waals surface area contributed by atoms with Crippen LogP contribution in [0.15, 0.2) is 0 Å². The molecule has 6 heteroatoms. The second-order valence-electron chi connectivity index (χ2n) is 3.96. The largest absolute Gasteiger partial charge is 0.395 e. The van der Waals surface area contributed by atoms with E-state index in [9.17, 15) is 8.42 Å². The fraction of sp³-hybridized carbons (Fsp3) is 1.00. The van der Waals surface area contributed by atoms with Crippen LogP contribution >= 0.6 is 0 Å². The van der Waals surface area contributed by atoms with Gasteiger partial charge < -0.3 is 5.11 Å². The molecule has 0 aromatic heterocycles. The molecule has 0 aromatic carbocycles. The van der Waals surface area contributed by atoms with Crippen molar-refractivity contribution < 1.29 is 18.2 Å². The maximum absolute atomic E-state index is 11.7.